The Hall–Kier alpha value is -4.27. The number of nitrogens with two attached hydrogens (primary N) is 2. The fraction of sp³-hybridized carbons (Fsp3) is 0.0952. The van der Waals surface area contributed by atoms with Crippen LogP contribution < -0.4 is 16.8 Å². The van der Waals surface area contributed by atoms with Crippen molar-refractivity contribution in [3.63, 3.8) is 0 Å². The standard InChI is InChI=1S/C21H20N6O3/c22-8-7-17(26-14-4-3-9-24-12-14)21(30)27-18(19(28)20(23)29)10-13-11-25-16-6-2-1-5-15(13)16/h1-9,11-12,18,25H,10,22H2,(H2,23,29)(H,27,30)/b8-7-,26-17?. The fourth-order valence-corrected chi connectivity index (χ4v) is 2.95. The Morgan fingerprint density at radius 2 is 2.00 bits per heavy atom. The maximum atomic E-state index is 12.8. The maximum Gasteiger partial charge on any atom is 0.287 e. The number of rotatable bonds is 8. The Kier molecular flexibility index (Phi) is 6.33. The number of fused-ring (bicyclic) bond motifs is 1. The number of amides is 2. The highest BCUT2D eigenvalue weighted by Crippen LogP contribution is 2.19. The molecule has 9 nitrogen and oxygen atoms in total. The molecule has 152 valence electrons. The number of hydrogen-bond acceptors (Lipinski definition) is 6. The van der Waals surface area contributed by atoms with Crippen molar-refractivity contribution in [1.82, 2.24) is 15.3 Å². The molecule has 0 saturated heterocycles. The molecule has 0 spiro atoms. The van der Waals surface area contributed by atoms with Gasteiger partial charge in [0, 0.05) is 29.7 Å². The summed E-state index contributed by atoms with van der Waals surface area (Å²) < 4.78 is 0. The average Bonchev–Trinajstić information content (AvgIpc) is 3.16. The number of hydrogen-bond donors (Lipinski definition) is 4. The number of aromatic nitrogens is 2. The summed E-state index contributed by atoms with van der Waals surface area (Å²) in [5.74, 6) is -2.73. The number of carbonyl (C=O) groups excluding carboxylic acids is 3. The van der Waals surface area contributed by atoms with Crippen LogP contribution in [0.4, 0.5) is 5.69 Å². The molecule has 2 aromatic heterocycles. The number of ketones is 1. The second-order valence-electron chi connectivity index (χ2n) is 6.39. The fourth-order valence-electron chi connectivity index (χ4n) is 2.95. The smallest absolute Gasteiger partial charge is 0.287 e. The largest absolute Gasteiger partial charge is 0.405 e. The molecule has 0 aliphatic heterocycles. The van der Waals surface area contributed by atoms with Crippen LogP contribution in [-0.4, -0.2) is 39.3 Å². The Morgan fingerprint density at radius 3 is 2.70 bits per heavy atom. The molecule has 0 bridgehead atoms. The molecule has 30 heavy (non-hydrogen) atoms. The summed E-state index contributed by atoms with van der Waals surface area (Å²) in [4.78, 5) is 47.9. The molecule has 2 amide bonds. The third-order valence-electron chi connectivity index (χ3n) is 4.35. The van der Waals surface area contributed by atoms with E-state index in [4.69, 9.17) is 11.5 Å². The summed E-state index contributed by atoms with van der Waals surface area (Å²) in [5, 5.41) is 3.42. The van der Waals surface area contributed by atoms with Crippen molar-refractivity contribution >= 4 is 39.9 Å². The third kappa shape index (κ3) is 4.76. The van der Waals surface area contributed by atoms with E-state index in [1.165, 1.54) is 12.3 Å². The van der Waals surface area contributed by atoms with Crippen LogP contribution in [0.25, 0.3) is 10.9 Å². The molecule has 1 aromatic carbocycles. The van der Waals surface area contributed by atoms with E-state index >= 15 is 0 Å². The summed E-state index contributed by atoms with van der Waals surface area (Å²) in [6.07, 6.45) is 7.28. The number of Topliss-reactive ketones (excluding diaryl/α,β-unsaturated/α-hetero) is 1. The van der Waals surface area contributed by atoms with Gasteiger partial charge in [-0.1, -0.05) is 18.2 Å². The van der Waals surface area contributed by atoms with Crippen molar-refractivity contribution < 1.29 is 14.4 Å². The van der Waals surface area contributed by atoms with Crippen molar-refractivity contribution in [2.24, 2.45) is 16.5 Å². The molecule has 3 aromatic rings. The molecule has 2 heterocycles. The first kappa shape index (κ1) is 20.5. The predicted octanol–water partition coefficient (Wildman–Crippen LogP) is 0.890. The zero-order chi connectivity index (χ0) is 21.5. The normalized spacial score (nSPS) is 12.7. The van der Waals surface area contributed by atoms with Crippen LogP contribution in [0.2, 0.25) is 0 Å². The highest BCUT2D eigenvalue weighted by molar-refractivity contribution is 6.45. The van der Waals surface area contributed by atoms with Gasteiger partial charge in [-0.25, -0.2) is 4.99 Å². The van der Waals surface area contributed by atoms with E-state index in [1.54, 1.807) is 24.5 Å². The van der Waals surface area contributed by atoms with Crippen LogP contribution in [0.3, 0.4) is 0 Å². The van der Waals surface area contributed by atoms with Crippen molar-refractivity contribution in [3.05, 3.63) is 72.8 Å². The molecule has 9 heteroatoms. The van der Waals surface area contributed by atoms with Gasteiger partial charge in [0.1, 0.15) is 11.8 Å². The lowest BCUT2D eigenvalue weighted by Crippen LogP contribution is -2.49. The SMILES string of the molecule is N/C=C\C(=Nc1cccnc1)C(=O)NC(Cc1c[nH]c2ccccc12)C(=O)C(N)=O. The molecule has 0 aliphatic rings. The summed E-state index contributed by atoms with van der Waals surface area (Å²) in [5.41, 5.74) is 12.6. The molecule has 1 atom stereocenters. The lowest BCUT2D eigenvalue weighted by atomic mass is 10.0. The van der Waals surface area contributed by atoms with Crippen LogP contribution >= 0.6 is 0 Å². The number of nitrogens with one attached hydrogen (secondary N) is 2. The second kappa shape index (κ2) is 9.28. The molecule has 0 saturated carbocycles. The van der Waals surface area contributed by atoms with Gasteiger partial charge in [-0.3, -0.25) is 19.4 Å². The van der Waals surface area contributed by atoms with Crippen LogP contribution in [0.1, 0.15) is 5.56 Å². The summed E-state index contributed by atoms with van der Waals surface area (Å²) >= 11 is 0. The van der Waals surface area contributed by atoms with Gasteiger partial charge in [-0.05, 0) is 36.0 Å². The molecule has 6 N–H and O–H groups in total. The topological polar surface area (TPSA) is 156 Å². The Morgan fingerprint density at radius 1 is 1.20 bits per heavy atom. The van der Waals surface area contributed by atoms with Gasteiger partial charge in [0.25, 0.3) is 11.8 Å². The van der Waals surface area contributed by atoms with Crippen LogP contribution in [0.15, 0.2) is 72.3 Å². The first-order chi connectivity index (χ1) is 14.5. The van der Waals surface area contributed by atoms with Crippen molar-refractivity contribution in [2.45, 2.75) is 12.5 Å². The first-order valence-corrected chi connectivity index (χ1v) is 9.06. The summed E-state index contributed by atoms with van der Waals surface area (Å²) in [7, 11) is 0. The van der Waals surface area contributed by atoms with Gasteiger partial charge in [0.05, 0.1) is 11.9 Å². The van der Waals surface area contributed by atoms with Gasteiger partial charge in [-0.15, -0.1) is 0 Å². The average molecular weight is 404 g/mol. The van der Waals surface area contributed by atoms with E-state index in [2.05, 4.69) is 20.3 Å². The highest BCUT2D eigenvalue weighted by atomic mass is 16.2. The van der Waals surface area contributed by atoms with Gasteiger partial charge in [-0.2, -0.15) is 0 Å². The Labute approximate surface area is 171 Å². The number of aliphatic imine (C=N–C) groups is 1. The minimum absolute atomic E-state index is 0.0494. The monoisotopic (exact) mass is 404 g/mol. The zero-order valence-electron chi connectivity index (χ0n) is 15.9. The number of carbonyl (C=O) groups is 3. The number of H-pyrrole nitrogens is 1. The minimum Gasteiger partial charge on any atom is -0.405 e. The van der Waals surface area contributed by atoms with Crippen molar-refractivity contribution in [2.75, 3.05) is 0 Å². The summed E-state index contributed by atoms with van der Waals surface area (Å²) in [6, 6.07) is 9.64. The van der Waals surface area contributed by atoms with Crippen molar-refractivity contribution in [1.29, 1.82) is 0 Å². The number of primary amides is 1. The Balaban J connectivity index is 1.88. The molecule has 0 fully saturated rings. The number of para-hydroxylation sites is 1. The molecular formula is C21H20N6O3. The van der Waals surface area contributed by atoms with Gasteiger partial charge < -0.3 is 21.8 Å². The highest BCUT2D eigenvalue weighted by Gasteiger charge is 2.27. The molecule has 0 radical (unpaired) electrons. The molecule has 3 rings (SSSR count). The maximum absolute atomic E-state index is 12.8. The molecule has 0 aliphatic carbocycles. The third-order valence-corrected chi connectivity index (χ3v) is 4.35. The van der Waals surface area contributed by atoms with E-state index in [-0.39, 0.29) is 12.1 Å². The molecular weight excluding hydrogens is 384 g/mol. The van der Waals surface area contributed by atoms with Crippen LogP contribution in [0.5, 0.6) is 0 Å². The predicted molar refractivity (Wildman–Crippen MR) is 113 cm³/mol. The first-order valence-electron chi connectivity index (χ1n) is 9.06. The van der Waals surface area contributed by atoms with Crippen molar-refractivity contribution in [3.8, 4) is 0 Å². The van der Waals surface area contributed by atoms with E-state index in [1.807, 2.05) is 24.3 Å². The van der Waals surface area contributed by atoms with E-state index < -0.39 is 23.6 Å². The summed E-state index contributed by atoms with van der Waals surface area (Å²) in [6.45, 7) is 0. The Bertz CT molecular complexity index is 1130. The van der Waals surface area contributed by atoms with Crippen LogP contribution in [-0.2, 0) is 20.8 Å². The van der Waals surface area contributed by atoms with Gasteiger partial charge in [0.2, 0.25) is 5.78 Å². The minimum atomic E-state index is -1.17. The lowest BCUT2D eigenvalue weighted by molar-refractivity contribution is -0.137. The van der Waals surface area contributed by atoms with Gasteiger partial charge >= 0.3 is 0 Å². The number of aromatic amines is 1. The second-order valence-corrected chi connectivity index (χ2v) is 6.39. The number of benzene rings is 1. The lowest BCUT2D eigenvalue weighted by Gasteiger charge is -2.16. The quantitative estimate of drug-likeness (QED) is 0.324. The van der Waals surface area contributed by atoms with E-state index in [0.717, 1.165) is 22.7 Å². The van der Waals surface area contributed by atoms with E-state index in [9.17, 15) is 14.4 Å². The molecule has 1 unspecified atom stereocenters. The zero-order valence-corrected chi connectivity index (χ0v) is 15.9. The number of nitrogens with zero attached hydrogens (tertiary/aromatic N) is 2. The van der Waals surface area contributed by atoms with E-state index in [0.29, 0.717) is 5.69 Å². The van der Waals surface area contributed by atoms with Gasteiger partial charge in [0.15, 0.2) is 0 Å². The van der Waals surface area contributed by atoms with Crippen LogP contribution in [0, 0.1) is 0 Å². The number of pyridine rings is 1.